The highest BCUT2D eigenvalue weighted by Gasteiger charge is 2.34. The number of ether oxygens (including phenoxy) is 1. The molecule has 1 heterocycles. The first-order chi connectivity index (χ1) is 12.3. The molecule has 2 aliphatic carbocycles. The standard InChI is InChI=1S/C20H29N3O3/c1-5-15(24)17(20(2,3)4)23-18(25)14-10-21-16(13-8-9-13)19(22-14)26-11-12-6-7-12/h10,12-13,17H,5-9,11H2,1-4H3,(H,23,25)/t17-/m1/s1. The molecule has 2 fully saturated rings. The minimum absolute atomic E-state index is 0.0126. The molecule has 0 bridgehead atoms. The Morgan fingerprint density at radius 2 is 1.96 bits per heavy atom. The van der Waals surface area contributed by atoms with Crippen molar-refractivity contribution in [3.8, 4) is 5.88 Å². The third-order valence-corrected chi connectivity index (χ3v) is 4.93. The van der Waals surface area contributed by atoms with Crippen molar-refractivity contribution in [2.24, 2.45) is 11.3 Å². The maximum Gasteiger partial charge on any atom is 0.272 e. The van der Waals surface area contributed by atoms with E-state index in [1.807, 2.05) is 20.8 Å². The maximum absolute atomic E-state index is 12.7. The molecule has 1 N–H and O–H groups in total. The highest BCUT2D eigenvalue weighted by molar-refractivity contribution is 5.96. The van der Waals surface area contributed by atoms with Crippen LogP contribution in [0.25, 0.3) is 0 Å². The lowest BCUT2D eigenvalue weighted by atomic mass is 9.83. The summed E-state index contributed by atoms with van der Waals surface area (Å²) in [5.74, 6) is 1.13. The summed E-state index contributed by atoms with van der Waals surface area (Å²) in [6.45, 7) is 8.27. The molecule has 3 rings (SSSR count). The van der Waals surface area contributed by atoms with Crippen molar-refractivity contribution in [1.29, 1.82) is 0 Å². The summed E-state index contributed by atoms with van der Waals surface area (Å²) in [5.41, 5.74) is 0.702. The van der Waals surface area contributed by atoms with Gasteiger partial charge in [-0.25, -0.2) is 4.98 Å². The maximum atomic E-state index is 12.7. The molecule has 0 unspecified atom stereocenters. The number of nitrogens with zero attached hydrogens (tertiary/aromatic N) is 2. The van der Waals surface area contributed by atoms with Gasteiger partial charge in [0.2, 0.25) is 5.88 Å². The van der Waals surface area contributed by atoms with Gasteiger partial charge in [-0.3, -0.25) is 14.6 Å². The van der Waals surface area contributed by atoms with Crippen LogP contribution in [0.4, 0.5) is 0 Å². The molecule has 0 spiro atoms. The van der Waals surface area contributed by atoms with Crippen LogP contribution in [0.5, 0.6) is 5.88 Å². The van der Waals surface area contributed by atoms with Crippen LogP contribution in [0.3, 0.4) is 0 Å². The zero-order chi connectivity index (χ0) is 18.9. The number of Topliss-reactive ketones (excluding diaryl/α,β-unsaturated/α-hetero) is 1. The number of hydrogen-bond donors (Lipinski definition) is 1. The third-order valence-electron chi connectivity index (χ3n) is 4.93. The van der Waals surface area contributed by atoms with Gasteiger partial charge in [0, 0.05) is 12.3 Å². The molecule has 142 valence electrons. The Kier molecular flexibility index (Phi) is 5.30. The Bertz CT molecular complexity index is 688. The van der Waals surface area contributed by atoms with Crippen molar-refractivity contribution >= 4 is 11.7 Å². The number of carbonyl (C=O) groups is 2. The van der Waals surface area contributed by atoms with Crippen LogP contribution in [-0.4, -0.2) is 34.3 Å². The summed E-state index contributed by atoms with van der Waals surface area (Å²) in [6.07, 6.45) is 6.46. The van der Waals surface area contributed by atoms with E-state index in [2.05, 4.69) is 15.3 Å². The molecule has 0 radical (unpaired) electrons. The van der Waals surface area contributed by atoms with Crippen molar-refractivity contribution in [1.82, 2.24) is 15.3 Å². The number of aromatic nitrogens is 2. The molecule has 0 aromatic carbocycles. The lowest BCUT2D eigenvalue weighted by molar-refractivity contribution is -0.122. The minimum atomic E-state index is -0.555. The molecular weight excluding hydrogens is 330 g/mol. The smallest absolute Gasteiger partial charge is 0.272 e. The van der Waals surface area contributed by atoms with Gasteiger partial charge in [0.05, 0.1) is 18.8 Å². The van der Waals surface area contributed by atoms with Gasteiger partial charge in [0.25, 0.3) is 5.91 Å². The number of nitrogens with one attached hydrogen (secondary N) is 1. The van der Waals surface area contributed by atoms with Gasteiger partial charge in [0.15, 0.2) is 5.78 Å². The molecular formula is C20H29N3O3. The zero-order valence-corrected chi connectivity index (χ0v) is 16.2. The molecule has 26 heavy (non-hydrogen) atoms. The van der Waals surface area contributed by atoms with Crippen molar-refractivity contribution in [2.45, 2.75) is 71.8 Å². The van der Waals surface area contributed by atoms with Gasteiger partial charge in [0.1, 0.15) is 11.4 Å². The average Bonchev–Trinajstić information content (AvgIpc) is 3.48. The quantitative estimate of drug-likeness (QED) is 0.770. The summed E-state index contributed by atoms with van der Waals surface area (Å²) in [7, 11) is 0. The first-order valence-corrected chi connectivity index (χ1v) is 9.63. The molecule has 0 saturated heterocycles. The van der Waals surface area contributed by atoms with E-state index in [0.29, 0.717) is 30.7 Å². The highest BCUT2D eigenvalue weighted by atomic mass is 16.5. The van der Waals surface area contributed by atoms with Crippen molar-refractivity contribution in [2.75, 3.05) is 6.61 Å². The van der Waals surface area contributed by atoms with Crippen molar-refractivity contribution in [3.05, 3.63) is 17.6 Å². The van der Waals surface area contributed by atoms with Crippen LogP contribution < -0.4 is 10.1 Å². The summed E-state index contributed by atoms with van der Waals surface area (Å²) in [5, 5.41) is 2.85. The minimum Gasteiger partial charge on any atom is -0.476 e. The fourth-order valence-corrected chi connectivity index (χ4v) is 2.90. The molecule has 0 aliphatic heterocycles. The van der Waals surface area contributed by atoms with Gasteiger partial charge >= 0.3 is 0 Å². The summed E-state index contributed by atoms with van der Waals surface area (Å²) < 4.78 is 5.87. The van der Waals surface area contributed by atoms with Gasteiger partial charge in [-0.15, -0.1) is 0 Å². The molecule has 6 nitrogen and oxygen atoms in total. The number of carbonyl (C=O) groups excluding carboxylic acids is 2. The van der Waals surface area contributed by atoms with E-state index in [9.17, 15) is 9.59 Å². The van der Waals surface area contributed by atoms with Crippen LogP contribution in [0.15, 0.2) is 6.20 Å². The van der Waals surface area contributed by atoms with Gasteiger partial charge < -0.3 is 10.1 Å². The largest absolute Gasteiger partial charge is 0.476 e. The Morgan fingerprint density at radius 1 is 1.27 bits per heavy atom. The average molecular weight is 359 g/mol. The van der Waals surface area contributed by atoms with E-state index in [-0.39, 0.29) is 22.8 Å². The molecule has 1 aromatic heterocycles. The normalized spacial score (nSPS) is 18.3. The van der Waals surface area contributed by atoms with E-state index in [1.54, 1.807) is 6.92 Å². The Balaban J connectivity index is 1.77. The highest BCUT2D eigenvalue weighted by Crippen LogP contribution is 2.42. The van der Waals surface area contributed by atoms with Crippen molar-refractivity contribution in [3.63, 3.8) is 0 Å². The van der Waals surface area contributed by atoms with E-state index >= 15 is 0 Å². The molecule has 1 atom stereocenters. The number of ketones is 1. The predicted molar refractivity (Wildman–Crippen MR) is 98.2 cm³/mol. The summed E-state index contributed by atoms with van der Waals surface area (Å²) in [4.78, 5) is 33.9. The predicted octanol–water partition coefficient (Wildman–Crippen LogP) is 3.27. The Morgan fingerprint density at radius 3 is 2.50 bits per heavy atom. The van der Waals surface area contributed by atoms with Crippen LogP contribution >= 0.6 is 0 Å². The van der Waals surface area contributed by atoms with E-state index in [4.69, 9.17) is 4.74 Å². The third kappa shape index (κ3) is 4.59. The van der Waals surface area contributed by atoms with Crippen LogP contribution in [0.2, 0.25) is 0 Å². The monoisotopic (exact) mass is 359 g/mol. The van der Waals surface area contributed by atoms with Gasteiger partial charge in [-0.2, -0.15) is 0 Å². The second-order valence-electron chi connectivity index (χ2n) is 8.57. The molecule has 1 amide bonds. The molecule has 1 aromatic rings. The Labute approximate surface area is 155 Å². The SMILES string of the molecule is CCC(=O)[C@@H](NC(=O)c1cnc(C2CC2)c(OCC2CC2)n1)C(C)(C)C. The molecule has 2 aliphatic rings. The number of rotatable bonds is 8. The number of amides is 1. The van der Waals surface area contributed by atoms with Gasteiger partial charge in [-0.05, 0) is 37.0 Å². The van der Waals surface area contributed by atoms with Gasteiger partial charge in [-0.1, -0.05) is 27.7 Å². The lowest BCUT2D eigenvalue weighted by Crippen LogP contribution is -2.49. The molecule has 2 saturated carbocycles. The first-order valence-electron chi connectivity index (χ1n) is 9.63. The first kappa shape index (κ1) is 18.8. The van der Waals surface area contributed by atoms with Crippen LogP contribution in [0, 0.1) is 11.3 Å². The molecule has 6 heteroatoms. The fourth-order valence-electron chi connectivity index (χ4n) is 2.90. The summed E-state index contributed by atoms with van der Waals surface area (Å²) in [6, 6.07) is -0.555. The topological polar surface area (TPSA) is 81.2 Å². The van der Waals surface area contributed by atoms with Crippen molar-refractivity contribution < 1.29 is 14.3 Å². The zero-order valence-electron chi connectivity index (χ0n) is 16.2. The van der Waals surface area contributed by atoms with Crippen LogP contribution in [-0.2, 0) is 4.79 Å². The Hall–Kier alpha value is -1.98. The van der Waals surface area contributed by atoms with E-state index in [0.717, 1.165) is 18.5 Å². The van der Waals surface area contributed by atoms with Crippen LogP contribution in [0.1, 0.15) is 81.9 Å². The second kappa shape index (κ2) is 7.33. The number of hydrogen-bond acceptors (Lipinski definition) is 5. The fraction of sp³-hybridized carbons (Fsp3) is 0.700. The van der Waals surface area contributed by atoms with E-state index < -0.39 is 6.04 Å². The van der Waals surface area contributed by atoms with E-state index in [1.165, 1.54) is 19.0 Å². The lowest BCUT2D eigenvalue weighted by Gasteiger charge is -2.30. The second-order valence-corrected chi connectivity index (χ2v) is 8.57. The summed E-state index contributed by atoms with van der Waals surface area (Å²) >= 11 is 0.